The molecule has 1 aromatic rings. The zero-order chi connectivity index (χ0) is 17.4. The Morgan fingerprint density at radius 2 is 2.26 bits per heavy atom. The SMILES string of the molecule is CON=C(C(=O)N[C@@H]1C(=O)N(S(=O)(=O)O)[C@H]1C)c1csc(N)n1. The molecule has 126 valence electrons. The van der Waals surface area contributed by atoms with Crippen molar-refractivity contribution in [2.75, 3.05) is 12.8 Å². The zero-order valence-electron chi connectivity index (χ0n) is 12.0. The second-order valence-electron chi connectivity index (χ2n) is 4.50. The number of carbonyl (C=O) groups excluding carboxylic acids is 2. The number of thiazole rings is 1. The second-order valence-corrected chi connectivity index (χ2v) is 6.68. The quantitative estimate of drug-likeness (QED) is 0.248. The minimum absolute atomic E-state index is 0.151. The number of aromatic nitrogens is 1. The molecule has 1 aromatic heterocycles. The predicted octanol–water partition coefficient (Wildman–Crippen LogP) is -1.41. The van der Waals surface area contributed by atoms with E-state index in [2.05, 4.69) is 20.3 Å². The van der Waals surface area contributed by atoms with Gasteiger partial charge in [0.2, 0.25) is 0 Å². The highest BCUT2D eigenvalue weighted by Gasteiger charge is 2.51. The lowest BCUT2D eigenvalue weighted by atomic mass is 10.0. The summed E-state index contributed by atoms with van der Waals surface area (Å²) in [5, 5.41) is 7.54. The van der Waals surface area contributed by atoms with Crippen LogP contribution in [0.5, 0.6) is 0 Å². The second kappa shape index (κ2) is 6.10. The number of anilines is 1. The minimum atomic E-state index is -4.66. The molecule has 1 aliphatic heterocycles. The largest absolute Gasteiger partial charge is 0.398 e. The van der Waals surface area contributed by atoms with Crippen molar-refractivity contribution in [1.29, 1.82) is 0 Å². The molecule has 0 unspecified atom stereocenters. The third-order valence-corrected chi connectivity index (χ3v) is 4.72. The van der Waals surface area contributed by atoms with Crippen molar-refractivity contribution >= 4 is 44.3 Å². The Morgan fingerprint density at radius 3 is 2.70 bits per heavy atom. The molecule has 0 radical (unpaired) electrons. The van der Waals surface area contributed by atoms with E-state index in [1.165, 1.54) is 19.4 Å². The van der Waals surface area contributed by atoms with E-state index in [1.807, 2.05) is 0 Å². The summed E-state index contributed by atoms with van der Waals surface area (Å²) in [6, 6.07) is -2.06. The monoisotopic (exact) mass is 363 g/mol. The number of nitrogen functional groups attached to an aromatic ring is 1. The van der Waals surface area contributed by atoms with E-state index < -0.39 is 34.2 Å². The molecule has 13 heteroatoms. The van der Waals surface area contributed by atoms with Gasteiger partial charge in [0.25, 0.3) is 11.8 Å². The van der Waals surface area contributed by atoms with Crippen LogP contribution in [0.4, 0.5) is 5.13 Å². The van der Waals surface area contributed by atoms with Gasteiger partial charge in [-0.3, -0.25) is 14.1 Å². The van der Waals surface area contributed by atoms with Crippen LogP contribution in [0.15, 0.2) is 10.5 Å². The Morgan fingerprint density at radius 1 is 1.61 bits per heavy atom. The Labute approximate surface area is 135 Å². The van der Waals surface area contributed by atoms with Crippen LogP contribution < -0.4 is 11.1 Å². The van der Waals surface area contributed by atoms with E-state index in [0.29, 0.717) is 0 Å². The fraction of sp³-hybridized carbons (Fsp3) is 0.400. The number of rotatable bonds is 5. The van der Waals surface area contributed by atoms with Crippen molar-refractivity contribution in [2.24, 2.45) is 5.16 Å². The molecular weight excluding hydrogens is 350 g/mol. The van der Waals surface area contributed by atoms with Crippen LogP contribution in [0.25, 0.3) is 0 Å². The van der Waals surface area contributed by atoms with Gasteiger partial charge in [-0.2, -0.15) is 8.42 Å². The highest BCUT2D eigenvalue weighted by Crippen LogP contribution is 2.23. The van der Waals surface area contributed by atoms with Crippen LogP contribution in [0.2, 0.25) is 0 Å². The number of β-lactam (4-membered cyclic amide) rings is 1. The molecule has 1 fully saturated rings. The average molecular weight is 363 g/mol. The summed E-state index contributed by atoms with van der Waals surface area (Å²) in [6.45, 7) is 1.36. The van der Waals surface area contributed by atoms with Gasteiger partial charge in [0.15, 0.2) is 10.8 Å². The number of carbonyl (C=O) groups is 2. The van der Waals surface area contributed by atoms with E-state index in [1.54, 1.807) is 0 Å². The van der Waals surface area contributed by atoms with Crippen molar-refractivity contribution in [3.05, 3.63) is 11.1 Å². The van der Waals surface area contributed by atoms with Crippen LogP contribution in [0, 0.1) is 0 Å². The summed E-state index contributed by atoms with van der Waals surface area (Å²) in [7, 11) is -3.44. The first-order valence-electron chi connectivity index (χ1n) is 6.11. The first-order valence-corrected chi connectivity index (χ1v) is 8.38. The summed E-state index contributed by atoms with van der Waals surface area (Å²) in [4.78, 5) is 32.4. The molecule has 2 heterocycles. The van der Waals surface area contributed by atoms with E-state index in [9.17, 15) is 18.0 Å². The zero-order valence-corrected chi connectivity index (χ0v) is 13.6. The fourth-order valence-electron chi connectivity index (χ4n) is 2.01. The summed E-state index contributed by atoms with van der Waals surface area (Å²) in [6.07, 6.45) is 0. The molecule has 1 aliphatic rings. The van der Waals surface area contributed by atoms with Crippen LogP contribution in [-0.4, -0.2) is 59.0 Å². The minimum Gasteiger partial charge on any atom is -0.398 e. The maximum atomic E-state index is 12.2. The Balaban J connectivity index is 2.15. The maximum absolute atomic E-state index is 12.2. The number of nitrogens with zero attached hydrogens (tertiary/aromatic N) is 3. The molecule has 0 spiro atoms. The van der Waals surface area contributed by atoms with Crippen LogP contribution in [-0.2, 0) is 24.7 Å². The number of hydrogen-bond acceptors (Lipinski definition) is 9. The van der Waals surface area contributed by atoms with Crippen LogP contribution in [0.3, 0.4) is 0 Å². The van der Waals surface area contributed by atoms with Gasteiger partial charge in [-0.25, -0.2) is 9.29 Å². The molecule has 0 aromatic carbocycles. The number of amides is 2. The van der Waals surface area contributed by atoms with Gasteiger partial charge in [-0.05, 0) is 6.92 Å². The van der Waals surface area contributed by atoms with E-state index in [0.717, 1.165) is 11.3 Å². The van der Waals surface area contributed by atoms with Crippen molar-refractivity contribution in [3.63, 3.8) is 0 Å². The lowest BCUT2D eigenvalue weighted by molar-refractivity contribution is -0.143. The maximum Gasteiger partial charge on any atom is 0.362 e. The third-order valence-electron chi connectivity index (χ3n) is 3.03. The van der Waals surface area contributed by atoms with Gasteiger partial charge in [0.1, 0.15) is 18.8 Å². The van der Waals surface area contributed by atoms with Gasteiger partial charge >= 0.3 is 10.3 Å². The Hall–Kier alpha value is -2.25. The number of hydrogen-bond donors (Lipinski definition) is 3. The standard InChI is InChI=1S/C10H13N5O6S2/c1-4-6(9(17)15(4)23(18,19)20)13-8(16)7(14-21-2)5-3-22-10(11)12-5/h3-4,6H,1-2H3,(H2,11,12)(H,13,16)(H,18,19,20)/t4-,6-/m0/s1. The van der Waals surface area contributed by atoms with Crippen LogP contribution >= 0.6 is 11.3 Å². The molecular formula is C10H13N5O6S2. The van der Waals surface area contributed by atoms with Crippen molar-refractivity contribution in [3.8, 4) is 0 Å². The topological polar surface area (TPSA) is 164 Å². The van der Waals surface area contributed by atoms with Gasteiger partial charge < -0.3 is 15.9 Å². The molecule has 2 atom stereocenters. The lowest BCUT2D eigenvalue weighted by Crippen LogP contribution is -2.71. The highest BCUT2D eigenvalue weighted by atomic mass is 32.2. The van der Waals surface area contributed by atoms with Crippen LogP contribution in [0.1, 0.15) is 12.6 Å². The van der Waals surface area contributed by atoms with Crippen molar-refractivity contribution in [1.82, 2.24) is 14.6 Å². The molecule has 11 nitrogen and oxygen atoms in total. The number of oxime groups is 1. The molecule has 23 heavy (non-hydrogen) atoms. The number of nitrogens with two attached hydrogens (primary N) is 1. The van der Waals surface area contributed by atoms with Gasteiger partial charge in [-0.15, -0.1) is 11.3 Å². The third kappa shape index (κ3) is 3.25. The molecule has 2 amide bonds. The summed E-state index contributed by atoms with van der Waals surface area (Å²) in [5.41, 5.74) is 5.42. The fourth-order valence-corrected chi connectivity index (χ4v) is 3.44. The molecule has 0 aliphatic carbocycles. The molecule has 1 saturated heterocycles. The predicted molar refractivity (Wildman–Crippen MR) is 79.9 cm³/mol. The van der Waals surface area contributed by atoms with E-state index in [-0.39, 0.29) is 20.8 Å². The van der Waals surface area contributed by atoms with E-state index >= 15 is 0 Å². The van der Waals surface area contributed by atoms with Gasteiger partial charge in [0.05, 0.1) is 6.04 Å². The molecule has 0 bridgehead atoms. The normalized spacial score (nSPS) is 21.8. The molecule has 4 N–H and O–H groups in total. The smallest absolute Gasteiger partial charge is 0.362 e. The van der Waals surface area contributed by atoms with Crippen molar-refractivity contribution < 1.29 is 27.4 Å². The van der Waals surface area contributed by atoms with Gasteiger partial charge in [0, 0.05) is 5.38 Å². The lowest BCUT2D eigenvalue weighted by Gasteiger charge is -2.42. The summed E-state index contributed by atoms with van der Waals surface area (Å²) < 4.78 is 31.2. The highest BCUT2D eigenvalue weighted by molar-refractivity contribution is 7.84. The molecule has 0 saturated carbocycles. The Kier molecular flexibility index (Phi) is 4.53. The van der Waals surface area contributed by atoms with Crippen molar-refractivity contribution in [2.45, 2.75) is 19.0 Å². The first kappa shape index (κ1) is 17.1. The first-order chi connectivity index (χ1) is 10.7. The van der Waals surface area contributed by atoms with E-state index in [4.69, 9.17) is 10.3 Å². The summed E-state index contributed by atoms with van der Waals surface area (Å²) >= 11 is 1.08. The molecule has 2 rings (SSSR count). The summed E-state index contributed by atoms with van der Waals surface area (Å²) in [5.74, 6) is -1.75. The number of nitrogens with one attached hydrogen (secondary N) is 1. The van der Waals surface area contributed by atoms with Gasteiger partial charge in [-0.1, -0.05) is 5.16 Å². The average Bonchev–Trinajstić information content (AvgIpc) is 2.86. The Bertz CT molecular complexity index is 772.